The third-order valence-corrected chi connectivity index (χ3v) is 2.65. The first-order valence-corrected chi connectivity index (χ1v) is 6.35. The molecule has 0 aromatic heterocycles. The van der Waals surface area contributed by atoms with Crippen LogP contribution in [0.25, 0.3) is 0 Å². The summed E-state index contributed by atoms with van der Waals surface area (Å²) in [7, 11) is 0. The van der Waals surface area contributed by atoms with E-state index in [0.717, 1.165) is 6.42 Å². The lowest BCUT2D eigenvalue weighted by Gasteiger charge is -2.13. The van der Waals surface area contributed by atoms with Crippen molar-refractivity contribution in [1.82, 2.24) is 0 Å². The third-order valence-electron chi connectivity index (χ3n) is 2.65. The van der Waals surface area contributed by atoms with Gasteiger partial charge in [0.05, 0.1) is 5.57 Å². The number of rotatable bonds is 6. The van der Waals surface area contributed by atoms with E-state index >= 15 is 0 Å². The van der Waals surface area contributed by atoms with Gasteiger partial charge in [-0.3, -0.25) is 4.79 Å². The molecule has 0 saturated carbocycles. The van der Waals surface area contributed by atoms with Gasteiger partial charge >= 0.3 is 11.9 Å². The predicted molar refractivity (Wildman–Crippen MR) is 72.8 cm³/mol. The summed E-state index contributed by atoms with van der Waals surface area (Å²) >= 11 is 0. The zero-order chi connectivity index (χ0) is 15.1. The zero-order valence-electron chi connectivity index (χ0n) is 11.7. The predicted octanol–water partition coefficient (Wildman–Crippen LogP) is 1.88. The second kappa shape index (κ2) is 7.43. The van der Waals surface area contributed by atoms with E-state index < -0.39 is 11.9 Å². The molecule has 0 amide bonds. The van der Waals surface area contributed by atoms with E-state index in [9.17, 15) is 14.4 Å². The SMILES string of the molecule is C=C(C)C(=O)OCCOC(=O)C1=CCCC=C1C(C)=O. The minimum atomic E-state index is -0.572. The molecule has 0 aromatic rings. The molecule has 0 atom stereocenters. The Morgan fingerprint density at radius 1 is 1.05 bits per heavy atom. The highest BCUT2D eigenvalue weighted by Crippen LogP contribution is 2.20. The Balaban J connectivity index is 2.45. The first-order valence-electron chi connectivity index (χ1n) is 6.35. The molecule has 0 bridgehead atoms. The molecule has 20 heavy (non-hydrogen) atoms. The van der Waals surface area contributed by atoms with E-state index in [0.29, 0.717) is 12.0 Å². The second-order valence-corrected chi connectivity index (χ2v) is 4.42. The van der Waals surface area contributed by atoms with Crippen LogP contribution in [0.4, 0.5) is 0 Å². The number of allylic oxidation sites excluding steroid dienone is 2. The maximum atomic E-state index is 11.8. The van der Waals surface area contributed by atoms with Gasteiger partial charge in [0.2, 0.25) is 0 Å². The molecule has 0 saturated heterocycles. The summed E-state index contributed by atoms with van der Waals surface area (Å²) in [5.74, 6) is -1.26. The molecule has 0 unspecified atom stereocenters. The quantitative estimate of drug-likeness (QED) is 0.421. The normalized spacial score (nSPS) is 13.9. The number of esters is 2. The van der Waals surface area contributed by atoms with Gasteiger partial charge in [0, 0.05) is 11.1 Å². The van der Waals surface area contributed by atoms with Crippen LogP contribution in [-0.4, -0.2) is 30.9 Å². The molecule has 0 aromatic carbocycles. The van der Waals surface area contributed by atoms with Gasteiger partial charge in [0.15, 0.2) is 5.78 Å². The van der Waals surface area contributed by atoms with E-state index in [1.54, 1.807) is 12.2 Å². The maximum Gasteiger partial charge on any atom is 0.338 e. The number of hydrogen-bond donors (Lipinski definition) is 0. The topological polar surface area (TPSA) is 69.7 Å². The maximum absolute atomic E-state index is 11.8. The van der Waals surface area contributed by atoms with Gasteiger partial charge in [-0.1, -0.05) is 18.7 Å². The van der Waals surface area contributed by atoms with Crippen LogP contribution in [0.5, 0.6) is 0 Å². The number of carbonyl (C=O) groups excluding carboxylic acids is 3. The molecule has 108 valence electrons. The molecule has 0 aliphatic heterocycles. The van der Waals surface area contributed by atoms with Gasteiger partial charge in [0.25, 0.3) is 0 Å². The Morgan fingerprint density at radius 2 is 1.60 bits per heavy atom. The molecule has 1 aliphatic rings. The fourth-order valence-electron chi connectivity index (χ4n) is 1.67. The monoisotopic (exact) mass is 278 g/mol. The molecule has 0 spiro atoms. The van der Waals surface area contributed by atoms with Gasteiger partial charge in [0.1, 0.15) is 13.2 Å². The van der Waals surface area contributed by atoms with Crippen LogP contribution in [0, 0.1) is 0 Å². The highest BCUT2D eigenvalue weighted by atomic mass is 16.6. The molecule has 0 fully saturated rings. The van der Waals surface area contributed by atoms with E-state index in [1.165, 1.54) is 13.8 Å². The van der Waals surface area contributed by atoms with Crippen LogP contribution in [0.15, 0.2) is 35.5 Å². The van der Waals surface area contributed by atoms with Gasteiger partial charge < -0.3 is 9.47 Å². The van der Waals surface area contributed by atoms with Crippen molar-refractivity contribution in [2.24, 2.45) is 0 Å². The summed E-state index contributed by atoms with van der Waals surface area (Å²) in [4.78, 5) is 34.4. The molecule has 0 N–H and O–H groups in total. The number of ketones is 1. The molecular formula is C15H18O5. The lowest BCUT2D eigenvalue weighted by atomic mass is 9.95. The minimum Gasteiger partial charge on any atom is -0.459 e. The Bertz CT molecular complexity index is 496. The summed E-state index contributed by atoms with van der Waals surface area (Å²) in [5, 5.41) is 0. The minimum absolute atomic E-state index is 0.0379. The average Bonchev–Trinajstić information content (AvgIpc) is 2.42. The van der Waals surface area contributed by atoms with E-state index in [2.05, 4.69) is 6.58 Å². The molecule has 5 heteroatoms. The second-order valence-electron chi connectivity index (χ2n) is 4.42. The van der Waals surface area contributed by atoms with Crippen LogP contribution in [0.2, 0.25) is 0 Å². The molecule has 0 heterocycles. The third kappa shape index (κ3) is 4.50. The largest absolute Gasteiger partial charge is 0.459 e. The first-order chi connectivity index (χ1) is 9.43. The van der Waals surface area contributed by atoms with Crippen molar-refractivity contribution in [2.75, 3.05) is 13.2 Å². The summed E-state index contributed by atoms with van der Waals surface area (Å²) in [6, 6.07) is 0. The zero-order valence-corrected chi connectivity index (χ0v) is 11.7. The van der Waals surface area contributed by atoms with Crippen LogP contribution >= 0.6 is 0 Å². The number of hydrogen-bond acceptors (Lipinski definition) is 5. The lowest BCUT2D eigenvalue weighted by Crippen LogP contribution is -2.18. The van der Waals surface area contributed by atoms with Crippen molar-refractivity contribution in [2.45, 2.75) is 26.7 Å². The highest BCUT2D eigenvalue weighted by Gasteiger charge is 2.21. The van der Waals surface area contributed by atoms with Crippen LogP contribution in [0.1, 0.15) is 26.7 Å². The lowest BCUT2D eigenvalue weighted by molar-refractivity contribution is -0.147. The Labute approximate surface area is 117 Å². The first kappa shape index (κ1) is 15.9. The summed E-state index contributed by atoms with van der Waals surface area (Å²) in [6.07, 6.45) is 4.87. The van der Waals surface area contributed by atoms with Crippen molar-refractivity contribution in [1.29, 1.82) is 0 Å². The summed E-state index contributed by atoms with van der Waals surface area (Å²) < 4.78 is 9.78. The van der Waals surface area contributed by atoms with Gasteiger partial charge in [-0.2, -0.15) is 0 Å². The average molecular weight is 278 g/mol. The highest BCUT2D eigenvalue weighted by molar-refractivity contribution is 6.09. The van der Waals surface area contributed by atoms with Crippen LogP contribution in [-0.2, 0) is 23.9 Å². The fraction of sp³-hybridized carbons (Fsp3) is 0.400. The number of carbonyl (C=O) groups is 3. The Kier molecular flexibility index (Phi) is 5.90. The van der Waals surface area contributed by atoms with Crippen molar-refractivity contribution >= 4 is 17.7 Å². The Hall–Kier alpha value is -2.17. The summed E-state index contributed by atoms with van der Waals surface area (Å²) in [6.45, 7) is 6.28. The number of Topliss-reactive ketones (excluding diaryl/α,β-unsaturated/α-hetero) is 1. The van der Waals surface area contributed by atoms with Crippen LogP contribution in [0.3, 0.4) is 0 Å². The van der Waals surface area contributed by atoms with E-state index in [4.69, 9.17) is 9.47 Å². The van der Waals surface area contributed by atoms with Crippen molar-refractivity contribution in [3.63, 3.8) is 0 Å². The van der Waals surface area contributed by atoms with E-state index in [-0.39, 0.29) is 30.1 Å². The van der Waals surface area contributed by atoms with Crippen LogP contribution < -0.4 is 0 Å². The molecular weight excluding hydrogens is 260 g/mol. The molecule has 5 nitrogen and oxygen atoms in total. The molecule has 0 radical (unpaired) electrons. The number of ether oxygens (including phenoxy) is 2. The Morgan fingerprint density at radius 3 is 2.15 bits per heavy atom. The van der Waals surface area contributed by atoms with Crippen molar-refractivity contribution in [3.8, 4) is 0 Å². The van der Waals surface area contributed by atoms with Crippen molar-refractivity contribution < 1.29 is 23.9 Å². The van der Waals surface area contributed by atoms with E-state index in [1.807, 2.05) is 0 Å². The summed E-state index contributed by atoms with van der Waals surface area (Å²) in [5.41, 5.74) is 0.961. The standard InChI is InChI=1S/C15H18O5/c1-10(2)14(17)19-8-9-20-15(18)13-7-5-4-6-12(13)11(3)16/h6-7H,1,4-5,8-9H2,2-3H3. The van der Waals surface area contributed by atoms with Gasteiger partial charge in [-0.15, -0.1) is 0 Å². The fourth-order valence-corrected chi connectivity index (χ4v) is 1.67. The van der Waals surface area contributed by atoms with Gasteiger partial charge in [-0.25, -0.2) is 9.59 Å². The molecule has 1 aliphatic carbocycles. The van der Waals surface area contributed by atoms with Crippen molar-refractivity contribution in [3.05, 3.63) is 35.5 Å². The smallest absolute Gasteiger partial charge is 0.338 e. The van der Waals surface area contributed by atoms with Gasteiger partial charge in [-0.05, 0) is 26.7 Å². The molecule has 1 rings (SSSR count).